The lowest BCUT2D eigenvalue weighted by Gasteiger charge is -2.39. The van der Waals surface area contributed by atoms with Crippen LogP contribution in [0.4, 0.5) is 4.39 Å². The monoisotopic (exact) mass is 410 g/mol. The smallest absolute Gasteiger partial charge is 0.254 e. The summed E-state index contributed by atoms with van der Waals surface area (Å²) in [6.45, 7) is 2.21. The van der Waals surface area contributed by atoms with Gasteiger partial charge >= 0.3 is 0 Å². The molecule has 2 aromatic rings. The van der Waals surface area contributed by atoms with Crippen molar-refractivity contribution in [2.45, 2.75) is 43.9 Å². The van der Waals surface area contributed by atoms with E-state index in [9.17, 15) is 9.18 Å². The highest BCUT2D eigenvalue weighted by Crippen LogP contribution is 2.39. The number of benzene rings is 2. The maximum absolute atomic E-state index is 13.5. The van der Waals surface area contributed by atoms with Gasteiger partial charge in [-0.3, -0.25) is 4.79 Å². The average Bonchev–Trinajstić information content (AvgIpc) is 3.03. The van der Waals surface area contributed by atoms with E-state index in [0.717, 1.165) is 50.3 Å². The molecule has 5 rings (SSSR count). The Morgan fingerprint density at radius 2 is 1.80 bits per heavy atom. The summed E-state index contributed by atoms with van der Waals surface area (Å²) in [5, 5.41) is 3.55. The molecule has 2 fully saturated rings. The van der Waals surface area contributed by atoms with E-state index in [0.29, 0.717) is 18.1 Å². The highest BCUT2D eigenvalue weighted by Gasteiger charge is 2.43. The molecule has 4 atom stereocenters. The van der Waals surface area contributed by atoms with E-state index in [1.165, 1.54) is 12.1 Å². The fraction of sp³-hybridized carbons (Fsp3) is 0.458. The van der Waals surface area contributed by atoms with Crippen LogP contribution in [0, 0.1) is 11.7 Å². The lowest BCUT2D eigenvalue weighted by atomic mass is 9.90. The quantitative estimate of drug-likeness (QED) is 0.818. The predicted molar refractivity (Wildman–Crippen MR) is 111 cm³/mol. The van der Waals surface area contributed by atoms with Gasteiger partial charge in [-0.25, -0.2) is 4.39 Å². The van der Waals surface area contributed by atoms with Gasteiger partial charge in [-0.2, -0.15) is 0 Å². The number of piperidine rings is 1. The Bertz CT molecular complexity index is 907. The minimum absolute atomic E-state index is 0.00580. The first-order valence-electron chi connectivity index (χ1n) is 10.8. The molecule has 3 heterocycles. The second-order valence-corrected chi connectivity index (χ2v) is 8.60. The summed E-state index contributed by atoms with van der Waals surface area (Å²) in [6, 6.07) is 14.3. The molecule has 1 unspecified atom stereocenters. The molecule has 2 aromatic carbocycles. The van der Waals surface area contributed by atoms with Crippen LogP contribution in [0.15, 0.2) is 48.5 Å². The normalized spacial score (nSPS) is 27.2. The molecule has 30 heavy (non-hydrogen) atoms. The standard InChI is InChI=1S/C24H27FN2O3/c25-18-5-3-4-17(12-18)24(28)27-19-8-9-20(27)11-16(10-19)13-26-14-21-15-29-22-6-1-2-7-23(22)30-21/h1-7,12,16,19-21,26H,8-11,13-15H2/t16-,19-,20+,21?. The van der Waals surface area contributed by atoms with Crippen LogP contribution in [-0.2, 0) is 0 Å². The Morgan fingerprint density at radius 1 is 1.03 bits per heavy atom. The summed E-state index contributed by atoms with van der Waals surface area (Å²) in [5.41, 5.74) is 0.457. The number of amides is 1. The van der Waals surface area contributed by atoms with Crippen LogP contribution in [0.25, 0.3) is 0 Å². The third-order valence-corrected chi connectivity index (χ3v) is 6.51. The summed E-state index contributed by atoms with van der Waals surface area (Å²) in [7, 11) is 0. The van der Waals surface area contributed by atoms with Crippen LogP contribution in [0.5, 0.6) is 11.5 Å². The molecule has 0 aromatic heterocycles. The molecule has 3 aliphatic rings. The van der Waals surface area contributed by atoms with Crippen molar-refractivity contribution in [2.75, 3.05) is 19.7 Å². The summed E-state index contributed by atoms with van der Waals surface area (Å²) in [5.74, 6) is 1.76. The lowest BCUT2D eigenvalue weighted by Crippen LogP contribution is -2.48. The Kier molecular flexibility index (Phi) is 5.34. The third-order valence-electron chi connectivity index (χ3n) is 6.51. The highest BCUT2D eigenvalue weighted by atomic mass is 19.1. The zero-order valence-electron chi connectivity index (χ0n) is 16.9. The van der Waals surface area contributed by atoms with Crippen molar-refractivity contribution in [3.8, 4) is 11.5 Å². The van der Waals surface area contributed by atoms with Crippen LogP contribution in [0.1, 0.15) is 36.0 Å². The van der Waals surface area contributed by atoms with Crippen LogP contribution in [0.2, 0.25) is 0 Å². The van der Waals surface area contributed by atoms with Crippen LogP contribution in [0.3, 0.4) is 0 Å². The summed E-state index contributed by atoms with van der Waals surface area (Å²) in [4.78, 5) is 15.0. The maximum Gasteiger partial charge on any atom is 0.254 e. The van der Waals surface area contributed by atoms with Crippen molar-refractivity contribution in [3.05, 3.63) is 59.9 Å². The maximum atomic E-state index is 13.5. The van der Waals surface area contributed by atoms with Crippen molar-refractivity contribution in [1.29, 1.82) is 0 Å². The first kappa shape index (κ1) is 19.4. The predicted octanol–water partition coefficient (Wildman–Crippen LogP) is 3.64. The van der Waals surface area contributed by atoms with Crippen molar-refractivity contribution < 1.29 is 18.7 Å². The molecule has 158 valence electrons. The number of fused-ring (bicyclic) bond motifs is 3. The first-order chi connectivity index (χ1) is 14.7. The van der Waals surface area contributed by atoms with Crippen molar-refractivity contribution in [3.63, 3.8) is 0 Å². The number of nitrogens with one attached hydrogen (secondary N) is 1. The average molecular weight is 410 g/mol. The zero-order chi connectivity index (χ0) is 20.5. The van der Waals surface area contributed by atoms with E-state index in [2.05, 4.69) is 5.32 Å². The van der Waals surface area contributed by atoms with Crippen LogP contribution in [-0.4, -0.2) is 48.7 Å². The summed E-state index contributed by atoms with van der Waals surface area (Å²) < 4.78 is 25.3. The molecule has 6 heteroatoms. The minimum Gasteiger partial charge on any atom is -0.486 e. The summed E-state index contributed by atoms with van der Waals surface area (Å²) >= 11 is 0. The molecule has 0 saturated carbocycles. The highest BCUT2D eigenvalue weighted by molar-refractivity contribution is 5.95. The Morgan fingerprint density at radius 3 is 2.57 bits per heavy atom. The van der Waals surface area contributed by atoms with E-state index < -0.39 is 0 Å². The summed E-state index contributed by atoms with van der Waals surface area (Å²) in [6.07, 6.45) is 4.08. The number of rotatable bonds is 5. The third kappa shape index (κ3) is 3.88. The molecular formula is C24H27FN2O3. The molecule has 2 bridgehead atoms. The number of ether oxygens (including phenoxy) is 2. The van der Waals surface area contributed by atoms with E-state index in [1.54, 1.807) is 12.1 Å². The Hall–Kier alpha value is -2.60. The fourth-order valence-corrected chi connectivity index (χ4v) is 5.17. The van der Waals surface area contributed by atoms with E-state index in [1.807, 2.05) is 29.2 Å². The topological polar surface area (TPSA) is 50.8 Å². The fourth-order valence-electron chi connectivity index (χ4n) is 5.17. The van der Waals surface area contributed by atoms with Crippen molar-refractivity contribution >= 4 is 5.91 Å². The van der Waals surface area contributed by atoms with E-state index in [-0.39, 0.29) is 29.9 Å². The van der Waals surface area contributed by atoms with Gasteiger partial charge < -0.3 is 19.7 Å². The number of carbonyl (C=O) groups is 1. The Labute approximate surface area is 176 Å². The van der Waals surface area contributed by atoms with Crippen LogP contribution < -0.4 is 14.8 Å². The van der Waals surface area contributed by atoms with Gasteiger partial charge in [0.25, 0.3) is 5.91 Å². The Balaban J connectivity index is 1.13. The second-order valence-electron chi connectivity index (χ2n) is 8.60. The molecule has 0 spiro atoms. The number of nitrogens with zero attached hydrogens (tertiary/aromatic N) is 1. The van der Waals surface area contributed by atoms with E-state index >= 15 is 0 Å². The number of carbonyl (C=O) groups excluding carboxylic acids is 1. The van der Waals surface area contributed by atoms with Crippen molar-refractivity contribution in [1.82, 2.24) is 10.2 Å². The number of hydrogen-bond donors (Lipinski definition) is 1. The van der Waals surface area contributed by atoms with Gasteiger partial charge in [-0.15, -0.1) is 0 Å². The van der Waals surface area contributed by atoms with E-state index in [4.69, 9.17) is 9.47 Å². The molecule has 0 aliphatic carbocycles. The zero-order valence-corrected chi connectivity index (χ0v) is 16.9. The van der Waals surface area contributed by atoms with Gasteiger partial charge in [0.2, 0.25) is 0 Å². The van der Waals surface area contributed by atoms with Gasteiger partial charge in [0.15, 0.2) is 11.5 Å². The SMILES string of the molecule is O=C(c1cccc(F)c1)N1[C@@H]2CC[C@H]1C[C@H](CNCC1COc3ccccc3O1)C2. The van der Waals surface area contributed by atoms with Crippen LogP contribution >= 0.6 is 0 Å². The molecule has 3 aliphatic heterocycles. The molecule has 2 saturated heterocycles. The molecular weight excluding hydrogens is 383 g/mol. The molecule has 1 N–H and O–H groups in total. The number of para-hydroxylation sites is 2. The van der Waals surface area contributed by atoms with Gasteiger partial charge in [0, 0.05) is 24.2 Å². The second kappa shape index (κ2) is 8.26. The van der Waals surface area contributed by atoms with Gasteiger partial charge in [0.1, 0.15) is 18.5 Å². The molecule has 5 nitrogen and oxygen atoms in total. The number of halogens is 1. The molecule has 0 radical (unpaired) electrons. The van der Waals surface area contributed by atoms with Gasteiger partial charge in [-0.05, 0) is 68.5 Å². The largest absolute Gasteiger partial charge is 0.486 e. The number of hydrogen-bond acceptors (Lipinski definition) is 4. The molecule has 1 amide bonds. The van der Waals surface area contributed by atoms with Gasteiger partial charge in [-0.1, -0.05) is 18.2 Å². The van der Waals surface area contributed by atoms with Crippen molar-refractivity contribution in [2.24, 2.45) is 5.92 Å². The minimum atomic E-state index is -0.358. The van der Waals surface area contributed by atoms with Gasteiger partial charge in [0.05, 0.1) is 0 Å². The lowest BCUT2D eigenvalue weighted by molar-refractivity contribution is 0.0514. The first-order valence-corrected chi connectivity index (χ1v) is 10.8.